The number of amides is 1. The minimum Gasteiger partial charge on any atom is -0.497 e. The normalized spacial score (nSPS) is 11.3. The van der Waals surface area contributed by atoms with Crippen LogP contribution in [0.15, 0.2) is 71.6 Å². The van der Waals surface area contributed by atoms with Crippen molar-refractivity contribution in [1.82, 2.24) is 4.90 Å². The molecule has 1 amide bonds. The van der Waals surface area contributed by atoms with Gasteiger partial charge < -0.3 is 15.0 Å². The highest BCUT2D eigenvalue weighted by molar-refractivity contribution is 7.92. The topological polar surface area (TPSA) is 87.7 Å². The van der Waals surface area contributed by atoms with E-state index in [0.29, 0.717) is 28.3 Å². The number of benzene rings is 3. The first-order valence-electron chi connectivity index (χ1n) is 10.5. The second kappa shape index (κ2) is 10.5. The molecule has 0 unspecified atom stereocenters. The van der Waals surface area contributed by atoms with Gasteiger partial charge in [-0.1, -0.05) is 18.2 Å². The first kappa shape index (κ1) is 24.3. The van der Waals surface area contributed by atoms with Crippen LogP contribution in [0, 0.1) is 6.92 Å². The zero-order chi connectivity index (χ0) is 24.0. The van der Waals surface area contributed by atoms with E-state index in [0.717, 1.165) is 13.0 Å². The average Bonchev–Trinajstić information content (AvgIpc) is 2.79. The molecule has 8 heteroatoms. The molecule has 0 saturated heterocycles. The second-order valence-corrected chi connectivity index (χ2v) is 9.70. The Balaban J connectivity index is 1.75. The van der Waals surface area contributed by atoms with Crippen LogP contribution in [0.2, 0.25) is 0 Å². The van der Waals surface area contributed by atoms with Crippen LogP contribution in [0.4, 0.5) is 11.4 Å². The third-order valence-electron chi connectivity index (χ3n) is 5.17. The molecule has 3 aromatic rings. The van der Waals surface area contributed by atoms with Gasteiger partial charge in [-0.05, 0) is 87.1 Å². The van der Waals surface area contributed by atoms with Gasteiger partial charge >= 0.3 is 0 Å². The van der Waals surface area contributed by atoms with E-state index < -0.39 is 10.0 Å². The van der Waals surface area contributed by atoms with Crippen LogP contribution >= 0.6 is 0 Å². The zero-order valence-electron chi connectivity index (χ0n) is 19.3. The SMILES string of the molecule is COc1ccc(NS(=O)(=O)c2ccc(C)c(C(=O)Nc3ccc(CCN(C)C)cc3)c2)cc1. The molecule has 2 N–H and O–H groups in total. The fourth-order valence-corrected chi connectivity index (χ4v) is 4.28. The van der Waals surface area contributed by atoms with Gasteiger partial charge in [0.2, 0.25) is 0 Å². The lowest BCUT2D eigenvalue weighted by Crippen LogP contribution is -2.17. The van der Waals surface area contributed by atoms with Gasteiger partial charge in [-0.2, -0.15) is 0 Å². The number of sulfonamides is 1. The number of ether oxygens (including phenoxy) is 1. The number of nitrogens with zero attached hydrogens (tertiary/aromatic N) is 1. The van der Waals surface area contributed by atoms with Crippen molar-refractivity contribution < 1.29 is 17.9 Å². The maximum atomic E-state index is 12.9. The zero-order valence-corrected chi connectivity index (χ0v) is 20.1. The van der Waals surface area contributed by atoms with E-state index in [1.54, 1.807) is 37.3 Å². The van der Waals surface area contributed by atoms with E-state index in [2.05, 4.69) is 14.9 Å². The molecular weight excluding hydrogens is 438 g/mol. The Labute approximate surface area is 195 Å². The highest BCUT2D eigenvalue weighted by Crippen LogP contribution is 2.22. The molecule has 0 atom stereocenters. The van der Waals surface area contributed by atoms with Gasteiger partial charge in [0.15, 0.2) is 0 Å². The summed E-state index contributed by atoms with van der Waals surface area (Å²) in [5, 5.41) is 2.85. The summed E-state index contributed by atoms with van der Waals surface area (Å²) in [5.41, 5.74) is 3.20. The summed E-state index contributed by atoms with van der Waals surface area (Å²) in [4.78, 5) is 15.0. The third kappa shape index (κ3) is 6.57. The highest BCUT2D eigenvalue weighted by Gasteiger charge is 2.18. The molecule has 0 aromatic heterocycles. The molecule has 0 aliphatic rings. The van der Waals surface area contributed by atoms with Crippen LogP contribution < -0.4 is 14.8 Å². The van der Waals surface area contributed by atoms with Crippen molar-refractivity contribution in [2.24, 2.45) is 0 Å². The Morgan fingerprint density at radius 1 is 0.939 bits per heavy atom. The fraction of sp³-hybridized carbons (Fsp3) is 0.240. The molecule has 0 heterocycles. The first-order valence-corrected chi connectivity index (χ1v) is 12.0. The standard InChI is InChI=1S/C25H29N3O4S/c1-18-5-14-23(33(30,31)27-21-10-12-22(32-4)13-11-21)17-24(18)25(29)26-20-8-6-19(7-9-20)15-16-28(2)3/h5-14,17,27H,15-16H2,1-4H3,(H,26,29). The minimum atomic E-state index is -3.87. The molecule has 3 aromatic carbocycles. The number of hydrogen-bond acceptors (Lipinski definition) is 5. The van der Waals surface area contributed by atoms with Gasteiger partial charge in [-0.3, -0.25) is 9.52 Å². The molecule has 0 fully saturated rings. The lowest BCUT2D eigenvalue weighted by Gasteiger charge is -2.13. The summed E-state index contributed by atoms with van der Waals surface area (Å²) in [6.07, 6.45) is 0.918. The number of carbonyl (C=O) groups is 1. The van der Waals surface area contributed by atoms with E-state index in [-0.39, 0.29) is 10.8 Å². The average molecular weight is 468 g/mol. The minimum absolute atomic E-state index is 0.00750. The maximum Gasteiger partial charge on any atom is 0.261 e. The van der Waals surface area contributed by atoms with Crippen LogP contribution in [0.5, 0.6) is 5.75 Å². The van der Waals surface area contributed by atoms with Crippen LogP contribution in [0.3, 0.4) is 0 Å². The Bertz CT molecular complexity index is 1210. The van der Waals surface area contributed by atoms with Gasteiger partial charge in [0.25, 0.3) is 15.9 Å². The Kier molecular flexibility index (Phi) is 7.73. The van der Waals surface area contributed by atoms with Crippen LogP contribution in [-0.2, 0) is 16.4 Å². The molecule has 0 radical (unpaired) electrons. The first-order chi connectivity index (χ1) is 15.7. The molecular formula is C25H29N3O4S. The fourth-order valence-electron chi connectivity index (χ4n) is 3.19. The number of hydrogen-bond donors (Lipinski definition) is 2. The molecule has 33 heavy (non-hydrogen) atoms. The van der Waals surface area contributed by atoms with E-state index in [4.69, 9.17) is 4.74 Å². The number of aryl methyl sites for hydroxylation is 1. The van der Waals surface area contributed by atoms with Crippen molar-refractivity contribution in [1.29, 1.82) is 0 Å². The summed E-state index contributed by atoms with van der Waals surface area (Å²) in [5.74, 6) is 0.257. The van der Waals surface area contributed by atoms with Gasteiger partial charge in [0.05, 0.1) is 12.0 Å². The van der Waals surface area contributed by atoms with Crippen molar-refractivity contribution in [3.8, 4) is 5.75 Å². The van der Waals surface area contributed by atoms with Crippen LogP contribution in [0.25, 0.3) is 0 Å². The van der Waals surface area contributed by atoms with E-state index >= 15 is 0 Å². The molecule has 0 spiro atoms. The summed E-state index contributed by atoms with van der Waals surface area (Å²) in [6, 6.07) is 18.7. The highest BCUT2D eigenvalue weighted by atomic mass is 32.2. The number of rotatable bonds is 9. The largest absolute Gasteiger partial charge is 0.497 e. The van der Waals surface area contributed by atoms with Crippen molar-refractivity contribution in [3.63, 3.8) is 0 Å². The summed E-state index contributed by atoms with van der Waals surface area (Å²) < 4.78 is 33.4. The summed E-state index contributed by atoms with van der Waals surface area (Å²) in [6.45, 7) is 2.71. The van der Waals surface area contributed by atoms with E-state index in [9.17, 15) is 13.2 Å². The van der Waals surface area contributed by atoms with Crippen molar-refractivity contribution in [2.45, 2.75) is 18.2 Å². The molecule has 0 aliphatic carbocycles. The summed E-state index contributed by atoms with van der Waals surface area (Å²) in [7, 11) is 1.72. The molecule has 174 valence electrons. The van der Waals surface area contributed by atoms with Crippen molar-refractivity contribution in [3.05, 3.63) is 83.4 Å². The lowest BCUT2D eigenvalue weighted by atomic mass is 10.1. The maximum absolute atomic E-state index is 12.9. The molecule has 0 aliphatic heterocycles. The number of nitrogens with one attached hydrogen (secondary N) is 2. The molecule has 0 saturated carbocycles. The van der Waals surface area contributed by atoms with E-state index in [1.807, 2.05) is 38.4 Å². The third-order valence-corrected chi connectivity index (χ3v) is 6.54. The Morgan fingerprint density at radius 3 is 2.18 bits per heavy atom. The Morgan fingerprint density at radius 2 is 1.58 bits per heavy atom. The predicted octanol–water partition coefficient (Wildman–Crippen LogP) is 4.16. The van der Waals surface area contributed by atoms with Gasteiger partial charge in [-0.15, -0.1) is 0 Å². The van der Waals surface area contributed by atoms with Crippen molar-refractivity contribution in [2.75, 3.05) is 37.8 Å². The quantitative estimate of drug-likeness (QED) is 0.493. The van der Waals surface area contributed by atoms with Gasteiger partial charge in [-0.25, -0.2) is 8.42 Å². The van der Waals surface area contributed by atoms with Crippen LogP contribution in [0.1, 0.15) is 21.5 Å². The lowest BCUT2D eigenvalue weighted by molar-refractivity contribution is 0.102. The second-order valence-electron chi connectivity index (χ2n) is 8.02. The smallest absolute Gasteiger partial charge is 0.261 e. The Hall–Kier alpha value is -3.36. The van der Waals surface area contributed by atoms with Crippen LogP contribution in [-0.4, -0.2) is 47.0 Å². The number of anilines is 2. The van der Waals surface area contributed by atoms with E-state index in [1.165, 1.54) is 24.8 Å². The predicted molar refractivity (Wildman–Crippen MR) is 132 cm³/mol. The van der Waals surface area contributed by atoms with Gasteiger partial charge in [0, 0.05) is 23.5 Å². The number of likely N-dealkylation sites (N-methyl/N-ethyl adjacent to an activating group) is 1. The number of methoxy groups -OCH3 is 1. The molecule has 7 nitrogen and oxygen atoms in total. The summed E-state index contributed by atoms with van der Waals surface area (Å²) >= 11 is 0. The number of carbonyl (C=O) groups excluding carboxylic acids is 1. The van der Waals surface area contributed by atoms with Gasteiger partial charge in [0.1, 0.15) is 5.75 Å². The molecule has 3 rings (SSSR count). The van der Waals surface area contributed by atoms with Crippen molar-refractivity contribution >= 4 is 27.3 Å². The molecule has 0 bridgehead atoms. The monoisotopic (exact) mass is 467 g/mol.